The van der Waals surface area contributed by atoms with Gasteiger partial charge < -0.3 is 40.5 Å². The van der Waals surface area contributed by atoms with Gasteiger partial charge in [-0.3, -0.25) is 19.4 Å². The van der Waals surface area contributed by atoms with Crippen molar-refractivity contribution in [1.29, 1.82) is 0 Å². The smallest absolute Gasteiger partial charge is 0.331 e. The first-order chi connectivity index (χ1) is 40.8. The van der Waals surface area contributed by atoms with Crippen molar-refractivity contribution in [2.24, 2.45) is 0 Å². The SMILES string of the molecule is C=CC(=O)Nc1cccc(-c2cccc3cnc(Nc4ccc(N5CCN(CCOC(=O)/C=C\C(=O)OCCN6CCN(c7ccc(Nc8ncc9cccc(-c%10cccc(NC(=O)C=C)c%10)c9n8)c(F)c7F)CC6)CC5)c(F)c4F)nc23)c1. The number of carbonyl (C=O) groups excluding carboxylic acids is 4. The van der Waals surface area contributed by atoms with Gasteiger partial charge in [0, 0.05) is 123 Å². The highest BCUT2D eigenvalue weighted by atomic mass is 19.2. The average Bonchev–Trinajstić information content (AvgIpc) is 3.17. The molecule has 2 saturated heterocycles. The van der Waals surface area contributed by atoms with E-state index in [1.165, 1.54) is 36.4 Å². The van der Waals surface area contributed by atoms with Crippen molar-refractivity contribution in [3.63, 3.8) is 0 Å². The maximum Gasteiger partial charge on any atom is 0.331 e. The number of amides is 2. The highest BCUT2D eigenvalue weighted by molar-refractivity contribution is 6.01. The highest BCUT2D eigenvalue weighted by Crippen LogP contribution is 2.35. The molecule has 2 aromatic heterocycles. The van der Waals surface area contributed by atoms with Crippen LogP contribution in [0.3, 0.4) is 0 Å². The summed E-state index contributed by atoms with van der Waals surface area (Å²) in [6, 6.07) is 31.4. The largest absolute Gasteiger partial charge is 0.461 e. The van der Waals surface area contributed by atoms with Crippen molar-refractivity contribution >= 4 is 91.6 Å². The molecule has 0 unspecified atom stereocenters. The van der Waals surface area contributed by atoms with Crippen molar-refractivity contribution in [2.45, 2.75) is 0 Å². The van der Waals surface area contributed by atoms with Crippen LogP contribution in [0.2, 0.25) is 0 Å². The molecule has 84 heavy (non-hydrogen) atoms. The third-order valence-electron chi connectivity index (χ3n) is 14.2. The molecule has 0 radical (unpaired) electrons. The number of carbonyl (C=O) groups is 4. The summed E-state index contributed by atoms with van der Waals surface area (Å²) < 4.78 is 73.2. The second-order valence-electron chi connectivity index (χ2n) is 19.5. The van der Waals surface area contributed by atoms with Crippen molar-refractivity contribution in [1.82, 2.24) is 29.7 Å². The van der Waals surface area contributed by atoms with Gasteiger partial charge in [-0.15, -0.1) is 0 Å². The molecule has 10 rings (SSSR count). The molecular weight excluding hydrogens is 1080 g/mol. The van der Waals surface area contributed by atoms with E-state index in [2.05, 4.69) is 54.4 Å². The molecule has 4 N–H and O–H groups in total. The van der Waals surface area contributed by atoms with Crippen LogP contribution in [0, 0.1) is 23.3 Å². The zero-order chi connectivity index (χ0) is 58.7. The average molecular weight is 1140 g/mol. The quantitative estimate of drug-likeness (QED) is 0.0319. The Labute approximate surface area is 480 Å². The van der Waals surface area contributed by atoms with Gasteiger partial charge in [-0.1, -0.05) is 73.8 Å². The van der Waals surface area contributed by atoms with E-state index in [0.29, 0.717) is 98.6 Å². The van der Waals surface area contributed by atoms with E-state index in [9.17, 15) is 19.2 Å². The van der Waals surface area contributed by atoms with Crippen LogP contribution in [0.5, 0.6) is 0 Å². The zero-order valence-corrected chi connectivity index (χ0v) is 45.3. The van der Waals surface area contributed by atoms with Gasteiger partial charge in [0.1, 0.15) is 13.2 Å². The Morgan fingerprint density at radius 3 is 1.32 bits per heavy atom. The first kappa shape index (κ1) is 57.2. The number of hydrogen-bond donors (Lipinski definition) is 4. The minimum atomic E-state index is -1.09. The van der Waals surface area contributed by atoms with Crippen molar-refractivity contribution < 1.29 is 46.2 Å². The number of piperazine rings is 2. The number of benzene rings is 6. The lowest BCUT2D eigenvalue weighted by Gasteiger charge is -2.36. The molecule has 8 aromatic rings. The van der Waals surface area contributed by atoms with Crippen LogP contribution in [0.1, 0.15) is 0 Å². The number of esters is 2. The van der Waals surface area contributed by atoms with Crippen LogP contribution in [0.4, 0.5) is 63.6 Å². The molecule has 2 aliphatic heterocycles. The topological polar surface area (TPSA) is 199 Å². The van der Waals surface area contributed by atoms with E-state index in [0.717, 1.165) is 34.4 Å². The number of halogens is 4. The molecule has 18 nitrogen and oxygen atoms in total. The fourth-order valence-electron chi connectivity index (χ4n) is 9.82. The number of aromatic nitrogens is 4. The standard InChI is InChI=1S/C62H56F4N12O6/c1-3-51(79)69-43-13-5-9-39(35-43)45-15-7-11-41-37-67-61(73-59(41)45)71-47-17-19-49(57(65)55(47)63)77-27-23-75(24-28-77)31-33-83-53(81)21-22-54(82)84-34-32-76-25-29-78(30-26-76)50-20-18-48(56(64)58(50)66)72-62-68-38-42-12-8-16-46(60(42)74-62)40-10-6-14-44(36-40)70-52(80)4-2/h3-22,35-38H,1-2,23-34H2,(H,69,79)(H,70,80)(H,67,71,73)(H,68,72,74)/b22-21-. The summed E-state index contributed by atoms with van der Waals surface area (Å²) in [7, 11) is 0. The Balaban J connectivity index is 0.629. The molecule has 2 amide bonds. The molecule has 2 aliphatic rings. The van der Waals surface area contributed by atoms with Crippen LogP contribution in [-0.4, -0.2) is 132 Å². The first-order valence-corrected chi connectivity index (χ1v) is 26.9. The molecule has 0 aliphatic carbocycles. The Morgan fingerprint density at radius 1 is 0.512 bits per heavy atom. The van der Waals surface area contributed by atoms with Crippen molar-refractivity contribution in [3.05, 3.63) is 182 Å². The minimum Gasteiger partial charge on any atom is -0.461 e. The predicted octanol–water partition coefficient (Wildman–Crippen LogP) is 9.79. The number of nitrogens with one attached hydrogen (secondary N) is 4. The fraction of sp³-hybridized carbons (Fsp3) is 0.194. The van der Waals surface area contributed by atoms with Gasteiger partial charge in [0.15, 0.2) is 23.3 Å². The number of ether oxygens (including phenoxy) is 2. The van der Waals surface area contributed by atoms with E-state index in [1.807, 2.05) is 58.3 Å². The monoisotopic (exact) mass is 1140 g/mol. The number of anilines is 8. The van der Waals surface area contributed by atoms with E-state index in [4.69, 9.17) is 9.47 Å². The van der Waals surface area contributed by atoms with E-state index in [1.54, 1.807) is 58.6 Å². The second kappa shape index (κ2) is 26.2. The molecular formula is C62H56F4N12O6. The molecule has 428 valence electrons. The molecule has 0 spiro atoms. The van der Waals surface area contributed by atoms with Gasteiger partial charge in [-0.2, -0.15) is 0 Å². The lowest BCUT2D eigenvalue weighted by Crippen LogP contribution is -2.47. The van der Waals surface area contributed by atoms with Crippen molar-refractivity contribution in [3.8, 4) is 22.3 Å². The Kier molecular flexibility index (Phi) is 17.9. The molecule has 0 bridgehead atoms. The number of hydrogen-bond acceptors (Lipinski definition) is 16. The Morgan fingerprint density at radius 2 is 0.917 bits per heavy atom. The zero-order valence-electron chi connectivity index (χ0n) is 45.3. The third kappa shape index (κ3) is 13.6. The van der Waals surface area contributed by atoms with Crippen LogP contribution < -0.4 is 31.1 Å². The highest BCUT2D eigenvalue weighted by Gasteiger charge is 2.26. The summed E-state index contributed by atoms with van der Waals surface area (Å²) >= 11 is 0. The molecule has 4 heterocycles. The molecule has 22 heteroatoms. The van der Waals surface area contributed by atoms with Gasteiger partial charge in [-0.05, 0) is 71.8 Å². The maximum atomic E-state index is 15.7. The van der Waals surface area contributed by atoms with Crippen LogP contribution >= 0.6 is 0 Å². The van der Waals surface area contributed by atoms with Crippen LogP contribution in [-0.2, 0) is 28.7 Å². The Bertz CT molecular complexity index is 3610. The fourth-order valence-corrected chi connectivity index (χ4v) is 9.82. The van der Waals surface area contributed by atoms with Crippen LogP contribution in [0.15, 0.2) is 159 Å². The van der Waals surface area contributed by atoms with Gasteiger partial charge in [0.05, 0.1) is 33.8 Å². The molecule has 2 fully saturated rings. The lowest BCUT2D eigenvalue weighted by molar-refractivity contribution is -0.141. The minimum absolute atomic E-state index is 0.0314. The van der Waals surface area contributed by atoms with E-state index >= 15 is 17.6 Å². The number of para-hydroxylation sites is 2. The number of rotatable bonds is 20. The number of nitrogens with zero attached hydrogens (tertiary/aromatic N) is 8. The summed E-state index contributed by atoms with van der Waals surface area (Å²) in [6.45, 7) is 11.3. The van der Waals surface area contributed by atoms with Crippen LogP contribution in [0.25, 0.3) is 44.1 Å². The van der Waals surface area contributed by atoms with Gasteiger partial charge in [0.25, 0.3) is 0 Å². The predicted molar refractivity (Wildman–Crippen MR) is 315 cm³/mol. The second-order valence-corrected chi connectivity index (χ2v) is 19.5. The summed E-state index contributed by atoms with van der Waals surface area (Å²) in [6.07, 6.45) is 7.51. The summed E-state index contributed by atoms with van der Waals surface area (Å²) in [5, 5.41) is 12.6. The van der Waals surface area contributed by atoms with Gasteiger partial charge in [0.2, 0.25) is 23.7 Å². The summed E-state index contributed by atoms with van der Waals surface area (Å²) in [4.78, 5) is 74.2. The lowest BCUT2D eigenvalue weighted by atomic mass is 10.0. The first-order valence-electron chi connectivity index (χ1n) is 26.9. The Hall–Kier alpha value is -10.1. The molecule has 0 saturated carbocycles. The number of fused-ring (bicyclic) bond motifs is 2. The normalized spacial score (nSPS) is 13.9. The van der Waals surface area contributed by atoms with Gasteiger partial charge in [-0.25, -0.2) is 47.1 Å². The van der Waals surface area contributed by atoms with E-state index < -0.39 is 35.2 Å². The van der Waals surface area contributed by atoms with E-state index in [-0.39, 0.29) is 59.7 Å². The maximum absolute atomic E-state index is 15.7. The summed E-state index contributed by atoms with van der Waals surface area (Å²) in [5.41, 5.74) is 5.18. The van der Waals surface area contributed by atoms with Gasteiger partial charge >= 0.3 is 11.9 Å². The third-order valence-corrected chi connectivity index (χ3v) is 14.2. The summed E-state index contributed by atoms with van der Waals surface area (Å²) in [5.74, 6) is -6.28. The van der Waals surface area contributed by atoms with Crippen molar-refractivity contribution in [2.75, 3.05) is 110 Å². The molecule has 0 atom stereocenters. The molecule has 6 aromatic carbocycles.